The van der Waals surface area contributed by atoms with Crippen molar-refractivity contribution in [3.05, 3.63) is 99.8 Å². The van der Waals surface area contributed by atoms with Gasteiger partial charge in [0.1, 0.15) is 6.04 Å². The molecule has 0 bridgehead atoms. The lowest BCUT2D eigenvalue weighted by Gasteiger charge is -2.18. The van der Waals surface area contributed by atoms with E-state index in [2.05, 4.69) is 31.4 Å². The Morgan fingerprint density at radius 1 is 0.852 bits per heavy atom. The minimum absolute atomic E-state index is 0.298. The van der Waals surface area contributed by atoms with E-state index in [0.717, 1.165) is 15.7 Å². The summed E-state index contributed by atoms with van der Waals surface area (Å²) in [6, 6.07) is 25.0. The zero-order valence-electron chi connectivity index (χ0n) is 14.1. The van der Waals surface area contributed by atoms with Crippen molar-refractivity contribution < 1.29 is 4.42 Å². The molecule has 27 heavy (non-hydrogen) atoms. The van der Waals surface area contributed by atoms with Gasteiger partial charge in [-0.15, -0.1) is 10.2 Å². The van der Waals surface area contributed by atoms with E-state index in [9.17, 15) is 0 Å². The molecule has 1 N–H and O–H groups in total. The summed E-state index contributed by atoms with van der Waals surface area (Å²) in [6.07, 6.45) is 0. The average molecular weight is 441 g/mol. The number of hydrogen-bond acceptors (Lipinski definition) is 4. The number of anilines is 1. The first-order chi connectivity index (χ1) is 13.2. The van der Waals surface area contributed by atoms with Gasteiger partial charge >= 0.3 is 0 Å². The summed E-state index contributed by atoms with van der Waals surface area (Å²) in [5.41, 5.74) is 2.66. The second-order valence-electron chi connectivity index (χ2n) is 5.89. The van der Waals surface area contributed by atoms with Crippen LogP contribution in [0, 0.1) is 0 Å². The average Bonchev–Trinajstić information content (AvgIpc) is 3.18. The van der Waals surface area contributed by atoms with Gasteiger partial charge in [-0.05, 0) is 45.8 Å². The number of rotatable bonds is 5. The van der Waals surface area contributed by atoms with E-state index in [1.54, 1.807) is 6.07 Å². The van der Waals surface area contributed by atoms with Crippen LogP contribution in [0.15, 0.2) is 87.8 Å². The maximum atomic E-state index is 6.27. The summed E-state index contributed by atoms with van der Waals surface area (Å²) in [7, 11) is 0. The molecule has 3 aromatic carbocycles. The van der Waals surface area contributed by atoms with Gasteiger partial charge in [0.15, 0.2) is 0 Å². The van der Waals surface area contributed by atoms with Crippen LogP contribution < -0.4 is 5.32 Å². The number of nitrogens with zero attached hydrogens (tertiary/aromatic N) is 2. The van der Waals surface area contributed by atoms with Gasteiger partial charge in [-0.2, -0.15) is 0 Å². The highest BCUT2D eigenvalue weighted by molar-refractivity contribution is 9.10. The summed E-state index contributed by atoms with van der Waals surface area (Å²) in [4.78, 5) is 0. The van der Waals surface area contributed by atoms with Crippen LogP contribution in [0.4, 0.5) is 5.69 Å². The zero-order valence-corrected chi connectivity index (χ0v) is 16.5. The van der Waals surface area contributed by atoms with Gasteiger partial charge in [0.25, 0.3) is 0 Å². The molecule has 0 spiro atoms. The Bertz CT molecular complexity index is 1050. The van der Waals surface area contributed by atoms with Crippen molar-refractivity contribution >= 4 is 33.2 Å². The van der Waals surface area contributed by atoms with Gasteiger partial charge in [-0.25, -0.2) is 0 Å². The predicted octanol–water partition coefficient (Wildman–Crippen LogP) is 6.35. The first-order valence-corrected chi connectivity index (χ1v) is 9.54. The Labute approximate surface area is 170 Å². The lowest BCUT2D eigenvalue weighted by atomic mass is 10.1. The third kappa shape index (κ3) is 3.89. The van der Waals surface area contributed by atoms with Crippen LogP contribution in [0.25, 0.3) is 11.5 Å². The molecule has 0 saturated heterocycles. The largest absolute Gasteiger partial charge is 0.418 e. The first-order valence-electron chi connectivity index (χ1n) is 8.36. The van der Waals surface area contributed by atoms with Gasteiger partial charge in [0, 0.05) is 10.2 Å². The second kappa shape index (κ2) is 7.94. The van der Waals surface area contributed by atoms with Crippen molar-refractivity contribution in [2.45, 2.75) is 6.04 Å². The summed E-state index contributed by atoms with van der Waals surface area (Å²) in [6.45, 7) is 0. The third-order valence-electron chi connectivity index (χ3n) is 4.10. The minimum Gasteiger partial charge on any atom is -0.418 e. The Morgan fingerprint density at radius 3 is 2.33 bits per heavy atom. The van der Waals surface area contributed by atoms with E-state index >= 15 is 0 Å². The van der Waals surface area contributed by atoms with E-state index in [1.807, 2.05) is 72.8 Å². The molecular weight excluding hydrogens is 426 g/mol. The molecule has 4 aromatic rings. The normalized spacial score (nSPS) is 11.9. The van der Waals surface area contributed by atoms with Crippen molar-refractivity contribution in [3.63, 3.8) is 0 Å². The molecule has 6 heteroatoms. The molecule has 0 radical (unpaired) electrons. The fourth-order valence-electron chi connectivity index (χ4n) is 2.76. The van der Waals surface area contributed by atoms with Gasteiger partial charge in [-0.1, -0.05) is 66.2 Å². The van der Waals surface area contributed by atoms with E-state index in [-0.39, 0.29) is 6.04 Å². The molecule has 0 aliphatic heterocycles. The van der Waals surface area contributed by atoms with Gasteiger partial charge < -0.3 is 9.73 Å². The molecule has 4 nitrogen and oxygen atoms in total. The number of para-hydroxylation sites is 1. The third-order valence-corrected chi connectivity index (χ3v) is 5.12. The van der Waals surface area contributed by atoms with E-state index in [1.165, 1.54) is 0 Å². The van der Waals surface area contributed by atoms with Crippen molar-refractivity contribution in [3.8, 4) is 11.5 Å². The standard InChI is InChI=1S/C21H15BrClN3O/c22-16-11-5-7-13-18(16)24-19(14-8-2-1-3-9-14)21-26-25-20(27-21)15-10-4-6-12-17(15)23/h1-13,19,24H/t19-/m0/s1. The molecule has 0 aliphatic carbocycles. The fourth-order valence-corrected chi connectivity index (χ4v) is 3.38. The first kappa shape index (κ1) is 17.8. The van der Waals surface area contributed by atoms with E-state index < -0.39 is 0 Å². The number of aromatic nitrogens is 2. The number of nitrogens with one attached hydrogen (secondary N) is 1. The number of hydrogen-bond donors (Lipinski definition) is 1. The summed E-state index contributed by atoms with van der Waals surface area (Å²) in [5, 5.41) is 12.5. The predicted molar refractivity (Wildman–Crippen MR) is 111 cm³/mol. The summed E-state index contributed by atoms with van der Waals surface area (Å²) in [5.74, 6) is 0.859. The van der Waals surface area contributed by atoms with Crippen molar-refractivity contribution in [2.24, 2.45) is 0 Å². The molecule has 1 aromatic heterocycles. The smallest absolute Gasteiger partial charge is 0.249 e. The fraction of sp³-hybridized carbons (Fsp3) is 0.0476. The highest BCUT2D eigenvalue weighted by Gasteiger charge is 2.22. The molecule has 134 valence electrons. The van der Waals surface area contributed by atoms with Gasteiger partial charge in [0.05, 0.1) is 10.6 Å². The highest BCUT2D eigenvalue weighted by atomic mass is 79.9. The monoisotopic (exact) mass is 439 g/mol. The van der Waals surface area contributed by atoms with Crippen LogP contribution in [-0.4, -0.2) is 10.2 Å². The molecular formula is C21H15BrClN3O. The quantitative estimate of drug-likeness (QED) is 0.392. The Hall–Kier alpha value is -2.63. The van der Waals surface area contributed by atoms with Crippen LogP contribution in [0.5, 0.6) is 0 Å². The Morgan fingerprint density at radius 2 is 1.56 bits per heavy atom. The lowest BCUT2D eigenvalue weighted by molar-refractivity contribution is 0.494. The molecule has 1 atom stereocenters. The Balaban J connectivity index is 1.74. The molecule has 0 aliphatic rings. The van der Waals surface area contributed by atoms with Crippen LogP contribution in [0.2, 0.25) is 5.02 Å². The van der Waals surface area contributed by atoms with E-state index in [0.29, 0.717) is 22.4 Å². The topological polar surface area (TPSA) is 51.0 Å². The Kier molecular flexibility index (Phi) is 5.23. The van der Waals surface area contributed by atoms with Crippen molar-refractivity contribution in [2.75, 3.05) is 5.32 Å². The zero-order chi connectivity index (χ0) is 18.6. The summed E-state index contributed by atoms with van der Waals surface area (Å²) < 4.78 is 6.95. The van der Waals surface area contributed by atoms with Gasteiger partial charge in [-0.3, -0.25) is 0 Å². The van der Waals surface area contributed by atoms with Crippen LogP contribution >= 0.6 is 27.5 Å². The van der Waals surface area contributed by atoms with Crippen LogP contribution in [-0.2, 0) is 0 Å². The molecule has 0 fully saturated rings. The molecule has 4 rings (SSSR count). The minimum atomic E-state index is -0.298. The van der Waals surface area contributed by atoms with Crippen LogP contribution in [0.1, 0.15) is 17.5 Å². The second-order valence-corrected chi connectivity index (χ2v) is 7.15. The van der Waals surface area contributed by atoms with Gasteiger partial charge in [0.2, 0.25) is 11.8 Å². The molecule has 0 saturated carbocycles. The molecule has 0 amide bonds. The van der Waals surface area contributed by atoms with Crippen LogP contribution in [0.3, 0.4) is 0 Å². The maximum absolute atomic E-state index is 6.27. The van der Waals surface area contributed by atoms with Crippen molar-refractivity contribution in [1.29, 1.82) is 0 Å². The highest BCUT2D eigenvalue weighted by Crippen LogP contribution is 2.32. The number of halogens is 2. The number of benzene rings is 3. The molecule has 1 heterocycles. The lowest BCUT2D eigenvalue weighted by Crippen LogP contribution is -2.13. The molecule has 0 unspecified atom stereocenters. The van der Waals surface area contributed by atoms with Crippen molar-refractivity contribution in [1.82, 2.24) is 10.2 Å². The maximum Gasteiger partial charge on any atom is 0.249 e. The summed E-state index contributed by atoms with van der Waals surface area (Å²) >= 11 is 9.84. The van der Waals surface area contributed by atoms with E-state index in [4.69, 9.17) is 16.0 Å². The SMILES string of the molecule is Clc1ccccc1-c1nnc([C@@H](Nc2ccccc2Br)c2ccccc2)o1.